The summed E-state index contributed by atoms with van der Waals surface area (Å²) in [6, 6.07) is 8.73. The first-order valence-corrected chi connectivity index (χ1v) is 8.23. The number of urea groups is 1. The number of para-hydroxylation sites is 1. The van der Waals surface area contributed by atoms with Gasteiger partial charge in [-0.3, -0.25) is 0 Å². The molecule has 1 fully saturated rings. The molecule has 0 atom stereocenters. The second kappa shape index (κ2) is 7.03. The Bertz CT molecular complexity index is 822. The maximum atomic E-state index is 12.8. The number of benzene rings is 1. The van der Waals surface area contributed by atoms with Crippen LogP contribution >= 0.6 is 11.6 Å². The van der Waals surface area contributed by atoms with Gasteiger partial charge < -0.3 is 15.5 Å². The average molecular weight is 385 g/mol. The number of anilines is 2. The van der Waals surface area contributed by atoms with E-state index in [-0.39, 0.29) is 17.8 Å². The largest absolute Gasteiger partial charge is 0.418 e. The minimum Gasteiger partial charge on any atom is -0.352 e. The Balaban J connectivity index is 1.54. The second-order valence-corrected chi connectivity index (χ2v) is 6.39. The van der Waals surface area contributed by atoms with Gasteiger partial charge in [0.1, 0.15) is 5.82 Å². The normalized spacial score (nSPS) is 14.7. The van der Waals surface area contributed by atoms with Gasteiger partial charge in [-0.05, 0) is 31.2 Å². The van der Waals surface area contributed by atoms with Gasteiger partial charge in [0.2, 0.25) is 0 Å². The highest BCUT2D eigenvalue weighted by Crippen LogP contribution is 2.32. The number of pyridine rings is 1. The Morgan fingerprint density at radius 2 is 1.92 bits per heavy atom. The van der Waals surface area contributed by atoms with Crippen molar-refractivity contribution in [3.8, 4) is 0 Å². The van der Waals surface area contributed by atoms with Crippen LogP contribution in [0.1, 0.15) is 11.3 Å². The van der Waals surface area contributed by atoms with E-state index < -0.39 is 11.7 Å². The summed E-state index contributed by atoms with van der Waals surface area (Å²) in [5, 5.41) is 5.87. The van der Waals surface area contributed by atoms with E-state index in [0.29, 0.717) is 29.6 Å². The highest BCUT2D eigenvalue weighted by molar-refractivity contribution is 6.33. The van der Waals surface area contributed by atoms with Crippen LogP contribution in [0.2, 0.25) is 5.02 Å². The van der Waals surface area contributed by atoms with Gasteiger partial charge >= 0.3 is 12.2 Å². The molecule has 0 bridgehead atoms. The number of aryl methyl sites for hydroxylation is 1. The van der Waals surface area contributed by atoms with E-state index in [1.807, 2.05) is 0 Å². The third-order valence-corrected chi connectivity index (χ3v) is 4.37. The number of halogens is 4. The Labute approximate surface area is 153 Å². The molecular formula is C17H16ClF3N4O. The van der Waals surface area contributed by atoms with Crippen LogP contribution < -0.4 is 15.5 Å². The number of amides is 2. The molecule has 3 rings (SSSR count). The Morgan fingerprint density at radius 3 is 2.54 bits per heavy atom. The van der Waals surface area contributed by atoms with Crippen LogP contribution in [0.15, 0.2) is 36.4 Å². The monoisotopic (exact) mass is 384 g/mol. The zero-order valence-corrected chi connectivity index (χ0v) is 14.5. The van der Waals surface area contributed by atoms with Gasteiger partial charge in [-0.2, -0.15) is 13.2 Å². The van der Waals surface area contributed by atoms with Crippen molar-refractivity contribution in [3.05, 3.63) is 52.7 Å². The SMILES string of the molecule is Cc1nc(N2CC(NC(=O)Nc3ccccc3Cl)C2)ccc1C(F)(F)F. The van der Waals surface area contributed by atoms with Gasteiger partial charge in [0, 0.05) is 13.1 Å². The molecule has 2 aromatic rings. The lowest BCUT2D eigenvalue weighted by Gasteiger charge is -2.40. The predicted octanol–water partition coefficient (Wildman–Crippen LogP) is 4.07. The summed E-state index contributed by atoms with van der Waals surface area (Å²) in [5.74, 6) is 0.458. The fourth-order valence-electron chi connectivity index (χ4n) is 2.69. The minimum atomic E-state index is -4.41. The molecule has 0 unspecified atom stereocenters. The van der Waals surface area contributed by atoms with Crippen molar-refractivity contribution in [1.82, 2.24) is 10.3 Å². The minimum absolute atomic E-state index is 0.0668. The highest BCUT2D eigenvalue weighted by Gasteiger charge is 2.34. The van der Waals surface area contributed by atoms with Crippen LogP contribution in [0.25, 0.3) is 0 Å². The number of aromatic nitrogens is 1. The van der Waals surface area contributed by atoms with E-state index >= 15 is 0 Å². The lowest BCUT2D eigenvalue weighted by Crippen LogP contribution is -2.60. The van der Waals surface area contributed by atoms with E-state index in [1.54, 1.807) is 29.2 Å². The molecule has 0 saturated carbocycles. The molecule has 0 radical (unpaired) electrons. The van der Waals surface area contributed by atoms with Crippen molar-refractivity contribution in [3.63, 3.8) is 0 Å². The van der Waals surface area contributed by atoms with Crippen molar-refractivity contribution in [1.29, 1.82) is 0 Å². The standard InChI is InChI=1S/C17H16ClF3N4O/c1-10-12(17(19,20)21)6-7-15(22-10)25-8-11(9-25)23-16(26)24-14-5-3-2-4-13(14)18/h2-7,11H,8-9H2,1H3,(H2,23,24,26). The Hall–Kier alpha value is -2.48. The highest BCUT2D eigenvalue weighted by atomic mass is 35.5. The maximum absolute atomic E-state index is 12.8. The summed E-state index contributed by atoms with van der Waals surface area (Å²) >= 11 is 5.98. The molecule has 26 heavy (non-hydrogen) atoms. The molecule has 2 heterocycles. The Kier molecular flexibility index (Phi) is 4.95. The lowest BCUT2D eigenvalue weighted by molar-refractivity contribution is -0.138. The van der Waals surface area contributed by atoms with Crippen LogP contribution in [0.3, 0.4) is 0 Å². The van der Waals surface area contributed by atoms with Gasteiger partial charge in [0.25, 0.3) is 0 Å². The fraction of sp³-hybridized carbons (Fsp3) is 0.294. The summed E-state index contributed by atoms with van der Waals surface area (Å²) in [6.07, 6.45) is -4.41. The molecule has 1 aliphatic heterocycles. The van der Waals surface area contributed by atoms with Crippen LogP contribution in [0, 0.1) is 6.92 Å². The molecule has 1 aromatic carbocycles. The second-order valence-electron chi connectivity index (χ2n) is 5.98. The number of hydrogen-bond acceptors (Lipinski definition) is 3. The lowest BCUT2D eigenvalue weighted by atomic mass is 10.1. The van der Waals surface area contributed by atoms with E-state index in [4.69, 9.17) is 11.6 Å². The summed E-state index contributed by atoms with van der Waals surface area (Å²) in [4.78, 5) is 17.8. The van der Waals surface area contributed by atoms with Gasteiger partial charge in [0.15, 0.2) is 0 Å². The van der Waals surface area contributed by atoms with Crippen molar-refractivity contribution in [2.24, 2.45) is 0 Å². The molecule has 1 aliphatic rings. The molecule has 2 amide bonds. The number of hydrogen-bond donors (Lipinski definition) is 2. The molecule has 0 spiro atoms. The zero-order valence-electron chi connectivity index (χ0n) is 13.8. The smallest absolute Gasteiger partial charge is 0.352 e. The van der Waals surface area contributed by atoms with E-state index in [0.717, 1.165) is 6.07 Å². The summed E-state index contributed by atoms with van der Waals surface area (Å²) in [7, 11) is 0. The number of carbonyl (C=O) groups is 1. The third kappa shape index (κ3) is 4.01. The number of carbonyl (C=O) groups excluding carboxylic acids is 1. The molecule has 1 saturated heterocycles. The summed E-state index contributed by atoms with van der Waals surface area (Å²) < 4.78 is 38.3. The van der Waals surface area contributed by atoms with E-state index in [1.165, 1.54) is 13.0 Å². The molecule has 9 heteroatoms. The van der Waals surface area contributed by atoms with Crippen molar-refractivity contribution in [2.75, 3.05) is 23.3 Å². The van der Waals surface area contributed by atoms with Crippen LogP contribution in [-0.2, 0) is 6.18 Å². The van der Waals surface area contributed by atoms with Crippen LogP contribution in [-0.4, -0.2) is 30.1 Å². The maximum Gasteiger partial charge on any atom is 0.418 e. The summed E-state index contributed by atoms with van der Waals surface area (Å²) in [5.41, 5.74) is -0.304. The van der Waals surface area contributed by atoms with Gasteiger partial charge in [0.05, 0.1) is 28.0 Å². The summed E-state index contributed by atoms with van der Waals surface area (Å²) in [6.45, 7) is 2.26. The van der Waals surface area contributed by atoms with Crippen LogP contribution in [0.4, 0.5) is 29.5 Å². The first-order valence-electron chi connectivity index (χ1n) is 7.86. The van der Waals surface area contributed by atoms with Crippen molar-refractivity contribution < 1.29 is 18.0 Å². The molecule has 0 aliphatic carbocycles. The van der Waals surface area contributed by atoms with Gasteiger partial charge in [-0.15, -0.1) is 0 Å². The first kappa shape index (κ1) is 18.3. The Morgan fingerprint density at radius 1 is 1.23 bits per heavy atom. The predicted molar refractivity (Wildman–Crippen MR) is 93.6 cm³/mol. The number of alkyl halides is 3. The first-order chi connectivity index (χ1) is 12.2. The van der Waals surface area contributed by atoms with Gasteiger partial charge in [-0.25, -0.2) is 9.78 Å². The van der Waals surface area contributed by atoms with Crippen LogP contribution in [0.5, 0.6) is 0 Å². The van der Waals surface area contributed by atoms with Crippen molar-refractivity contribution >= 4 is 29.1 Å². The number of rotatable bonds is 3. The zero-order chi connectivity index (χ0) is 18.9. The quantitative estimate of drug-likeness (QED) is 0.838. The third-order valence-electron chi connectivity index (χ3n) is 4.04. The van der Waals surface area contributed by atoms with Crippen molar-refractivity contribution in [2.45, 2.75) is 19.1 Å². The molecule has 1 aromatic heterocycles. The number of nitrogens with one attached hydrogen (secondary N) is 2. The van der Waals surface area contributed by atoms with E-state index in [9.17, 15) is 18.0 Å². The molecule has 5 nitrogen and oxygen atoms in total. The molecule has 2 N–H and O–H groups in total. The molecule has 138 valence electrons. The average Bonchev–Trinajstić information content (AvgIpc) is 2.51. The van der Waals surface area contributed by atoms with Gasteiger partial charge in [-0.1, -0.05) is 23.7 Å². The molecular weight excluding hydrogens is 369 g/mol. The number of nitrogens with zero attached hydrogens (tertiary/aromatic N) is 2. The fourth-order valence-corrected chi connectivity index (χ4v) is 2.87. The van der Waals surface area contributed by atoms with E-state index in [2.05, 4.69) is 15.6 Å². The topological polar surface area (TPSA) is 57.3 Å².